The van der Waals surface area contributed by atoms with E-state index >= 15 is 0 Å². The molecule has 2 atom stereocenters. The molecule has 11 nitrogen and oxygen atoms in total. The number of rotatable bonds is 9. The van der Waals surface area contributed by atoms with E-state index in [0.29, 0.717) is 22.7 Å². The Morgan fingerprint density at radius 1 is 1.27 bits per heavy atom. The number of carbonyl (C=O) groups excluding carboxylic acids is 1. The van der Waals surface area contributed by atoms with Crippen molar-refractivity contribution < 1.29 is 29.0 Å². The van der Waals surface area contributed by atoms with E-state index in [9.17, 15) is 19.5 Å². The molecular formula is C19H17N5O6S3. The summed E-state index contributed by atoms with van der Waals surface area (Å²) in [6.07, 6.45) is 3.39. The smallest absolute Gasteiger partial charge is 0.352 e. The van der Waals surface area contributed by atoms with Crippen molar-refractivity contribution in [2.45, 2.75) is 29.5 Å². The van der Waals surface area contributed by atoms with Crippen LogP contribution in [0.3, 0.4) is 0 Å². The van der Waals surface area contributed by atoms with E-state index in [-0.39, 0.29) is 33.8 Å². The lowest BCUT2D eigenvalue weighted by Gasteiger charge is -2.49. The summed E-state index contributed by atoms with van der Waals surface area (Å²) in [5, 5.41) is 28.8. The van der Waals surface area contributed by atoms with Gasteiger partial charge in [0.05, 0.1) is 4.99 Å². The number of thiocarbonyl (C=S) groups is 1. The quantitative estimate of drug-likeness (QED) is 0.250. The standard InChI is InChI=1S/C19H17N5O6S3/c25-13(26)6-11-22-23-19(30-11)33-8-10-7-32-17-14(16(27)24(17)15(10)18(28)29)21-12(31)5-9-1-3-20-4-2-9/h1-4,14,17H,5-8H2,(H,21,31)(H,25,26)(H,28,29)/t14?,17-/m0/s1. The lowest BCUT2D eigenvalue weighted by atomic mass is 10.0. The van der Waals surface area contributed by atoms with Crippen molar-refractivity contribution >= 4 is 58.6 Å². The zero-order valence-electron chi connectivity index (χ0n) is 16.8. The average molecular weight is 508 g/mol. The number of aromatic nitrogens is 3. The fourth-order valence-electron chi connectivity index (χ4n) is 3.35. The summed E-state index contributed by atoms with van der Waals surface area (Å²) in [4.78, 5) is 41.2. The maximum absolute atomic E-state index is 12.8. The molecule has 0 spiro atoms. The van der Waals surface area contributed by atoms with E-state index in [4.69, 9.17) is 21.7 Å². The molecule has 2 aliphatic rings. The number of fused-ring (bicyclic) bond motifs is 1. The number of aliphatic carboxylic acids is 2. The first-order valence-electron chi connectivity index (χ1n) is 9.58. The van der Waals surface area contributed by atoms with Crippen LogP contribution in [0.1, 0.15) is 11.5 Å². The van der Waals surface area contributed by atoms with Crippen molar-refractivity contribution in [1.82, 2.24) is 25.4 Å². The number of nitrogens with one attached hydrogen (secondary N) is 1. The second-order valence-corrected chi connectivity index (χ2v) is 9.59. The van der Waals surface area contributed by atoms with E-state index in [2.05, 4.69) is 20.5 Å². The van der Waals surface area contributed by atoms with Crippen molar-refractivity contribution in [2.75, 3.05) is 11.5 Å². The molecule has 0 bridgehead atoms. The molecule has 172 valence electrons. The molecular weight excluding hydrogens is 490 g/mol. The molecule has 2 aromatic rings. The minimum Gasteiger partial charge on any atom is -0.481 e. The minimum absolute atomic E-state index is 0.0370. The largest absolute Gasteiger partial charge is 0.481 e. The second kappa shape index (κ2) is 9.89. The SMILES string of the molecule is O=C(O)Cc1nnc(SCC2=C(C(=O)O)N3C(=O)C(NC(=S)Cc4ccncc4)[C@@H]3SC2)o1. The Morgan fingerprint density at radius 2 is 2.03 bits per heavy atom. The van der Waals surface area contributed by atoms with Crippen LogP contribution < -0.4 is 5.32 Å². The van der Waals surface area contributed by atoms with Gasteiger partial charge in [-0.1, -0.05) is 24.0 Å². The van der Waals surface area contributed by atoms with Crippen LogP contribution in [0, 0.1) is 0 Å². The second-order valence-electron chi connectivity index (χ2n) is 7.07. The van der Waals surface area contributed by atoms with Gasteiger partial charge in [-0.15, -0.1) is 22.0 Å². The normalized spacial score (nSPS) is 19.6. The van der Waals surface area contributed by atoms with Crippen LogP contribution in [0.25, 0.3) is 0 Å². The zero-order chi connectivity index (χ0) is 23.5. The van der Waals surface area contributed by atoms with Gasteiger partial charge in [-0.25, -0.2) is 4.79 Å². The molecule has 0 aliphatic carbocycles. The third kappa shape index (κ3) is 5.17. The Hall–Kier alpha value is -2.97. The van der Waals surface area contributed by atoms with Crippen molar-refractivity contribution in [1.29, 1.82) is 0 Å². The van der Waals surface area contributed by atoms with Crippen molar-refractivity contribution in [2.24, 2.45) is 0 Å². The number of carbonyl (C=O) groups is 3. The molecule has 2 aliphatic heterocycles. The fraction of sp³-hybridized carbons (Fsp3) is 0.316. The van der Waals surface area contributed by atoms with Crippen molar-refractivity contribution in [3.8, 4) is 0 Å². The van der Waals surface area contributed by atoms with E-state index < -0.39 is 24.4 Å². The monoisotopic (exact) mass is 507 g/mol. The molecule has 0 aromatic carbocycles. The molecule has 3 N–H and O–H groups in total. The third-order valence-electron chi connectivity index (χ3n) is 4.80. The number of carboxylic acid groups (broad SMARTS) is 2. The van der Waals surface area contributed by atoms with Gasteiger partial charge in [-0.3, -0.25) is 19.5 Å². The fourth-order valence-corrected chi connectivity index (χ4v) is 5.91. The summed E-state index contributed by atoms with van der Waals surface area (Å²) in [5.41, 5.74) is 1.44. The number of β-lactam (4-membered cyclic amide) rings is 1. The van der Waals surface area contributed by atoms with E-state index in [1.54, 1.807) is 12.4 Å². The number of nitrogens with zero attached hydrogens (tertiary/aromatic N) is 4. The number of pyridine rings is 1. The van der Waals surface area contributed by atoms with Crippen LogP contribution >= 0.6 is 35.7 Å². The molecule has 1 unspecified atom stereocenters. The highest BCUT2D eigenvalue weighted by Gasteiger charge is 2.53. The van der Waals surface area contributed by atoms with Crippen molar-refractivity contribution in [3.05, 3.63) is 47.3 Å². The minimum atomic E-state index is -1.20. The van der Waals surface area contributed by atoms with Gasteiger partial charge in [0.2, 0.25) is 5.89 Å². The summed E-state index contributed by atoms with van der Waals surface area (Å²) in [6, 6.07) is 3.07. The van der Waals surface area contributed by atoms with Crippen LogP contribution in [0.4, 0.5) is 0 Å². The molecule has 1 amide bonds. The summed E-state index contributed by atoms with van der Waals surface area (Å²) >= 11 is 7.92. The van der Waals surface area contributed by atoms with Crippen LogP contribution in [-0.2, 0) is 27.2 Å². The predicted octanol–water partition coefficient (Wildman–Crippen LogP) is 0.966. The third-order valence-corrected chi connectivity index (χ3v) is 7.31. The van der Waals surface area contributed by atoms with Gasteiger partial charge in [-0.2, -0.15) is 0 Å². The van der Waals surface area contributed by atoms with E-state index in [1.165, 1.54) is 16.7 Å². The van der Waals surface area contributed by atoms with Gasteiger partial charge >= 0.3 is 11.9 Å². The summed E-state index contributed by atoms with van der Waals surface area (Å²) in [6.45, 7) is 0. The van der Waals surface area contributed by atoms with Crippen LogP contribution in [0.15, 0.2) is 45.4 Å². The Kier molecular flexibility index (Phi) is 6.95. The molecule has 1 saturated heterocycles. The van der Waals surface area contributed by atoms with E-state index in [0.717, 1.165) is 17.3 Å². The van der Waals surface area contributed by atoms with Crippen LogP contribution in [0.2, 0.25) is 0 Å². The first kappa shape index (κ1) is 23.2. The maximum atomic E-state index is 12.8. The van der Waals surface area contributed by atoms with Gasteiger partial charge in [0.1, 0.15) is 23.5 Å². The molecule has 4 rings (SSSR count). The Morgan fingerprint density at radius 3 is 2.73 bits per heavy atom. The van der Waals surface area contributed by atoms with Gasteiger partial charge in [0, 0.05) is 30.3 Å². The van der Waals surface area contributed by atoms with E-state index in [1.807, 2.05) is 12.1 Å². The summed E-state index contributed by atoms with van der Waals surface area (Å²) in [7, 11) is 0. The summed E-state index contributed by atoms with van der Waals surface area (Å²) < 4.78 is 5.25. The molecule has 4 heterocycles. The number of carboxylic acids is 2. The topological polar surface area (TPSA) is 159 Å². The highest BCUT2D eigenvalue weighted by molar-refractivity contribution is 8.01. The molecule has 2 aromatic heterocycles. The van der Waals surface area contributed by atoms with Gasteiger partial charge in [-0.05, 0) is 23.3 Å². The first-order valence-corrected chi connectivity index (χ1v) is 12.0. The molecule has 14 heteroatoms. The maximum Gasteiger partial charge on any atom is 0.352 e. The van der Waals surface area contributed by atoms with Crippen molar-refractivity contribution in [3.63, 3.8) is 0 Å². The molecule has 33 heavy (non-hydrogen) atoms. The van der Waals surface area contributed by atoms with Gasteiger partial charge in [0.15, 0.2) is 0 Å². The highest BCUT2D eigenvalue weighted by atomic mass is 32.2. The first-order chi connectivity index (χ1) is 15.8. The van der Waals surface area contributed by atoms with Crippen LogP contribution in [0.5, 0.6) is 0 Å². The number of thioether (sulfide) groups is 2. The van der Waals surface area contributed by atoms with Crippen LogP contribution in [-0.4, -0.2) is 76.1 Å². The Balaban J connectivity index is 1.41. The molecule has 1 fully saturated rings. The Labute approximate surface area is 201 Å². The number of amides is 1. The van der Waals surface area contributed by atoms with Gasteiger partial charge < -0.3 is 19.9 Å². The molecule has 0 saturated carbocycles. The lowest BCUT2D eigenvalue weighted by molar-refractivity contribution is -0.148. The predicted molar refractivity (Wildman–Crippen MR) is 122 cm³/mol. The number of hydrogen-bond acceptors (Lipinski definition) is 10. The summed E-state index contributed by atoms with van der Waals surface area (Å²) in [5.74, 6) is -2.08. The highest BCUT2D eigenvalue weighted by Crippen LogP contribution is 2.41. The zero-order valence-corrected chi connectivity index (χ0v) is 19.3. The average Bonchev–Trinajstić information content (AvgIpc) is 3.22. The Bertz CT molecular complexity index is 1140. The number of hydrogen-bond donors (Lipinski definition) is 3. The van der Waals surface area contributed by atoms with Gasteiger partial charge in [0.25, 0.3) is 11.1 Å². The molecule has 0 radical (unpaired) electrons. The lowest BCUT2D eigenvalue weighted by Crippen LogP contribution is -2.70.